The maximum Gasteiger partial charge on any atom is 0.0608 e. The molecule has 1 N–H and O–H groups in total. The lowest BCUT2D eigenvalue weighted by Gasteiger charge is -2.39. The summed E-state index contributed by atoms with van der Waals surface area (Å²) in [5, 5.41) is 3.48. The van der Waals surface area contributed by atoms with E-state index < -0.39 is 0 Å². The van der Waals surface area contributed by atoms with Crippen molar-refractivity contribution in [2.45, 2.75) is 70.6 Å². The molecule has 0 radical (unpaired) electrons. The van der Waals surface area contributed by atoms with Gasteiger partial charge in [0.15, 0.2) is 0 Å². The molecule has 2 atom stereocenters. The van der Waals surface area contributed by atoms with Crippen molar-refractivity contribution in [2.24, 2.45) is 5.92 Å². The van der Waals surface area contributed by atoms with Gasteiger partial charge in [-0.1, -0.05) is 26.7 Å². The number of hydrogen-bond acceptors (Lipinski definition) is 2. The van der Waals surface area contributed by atoms with Gasteiger partial charge >= 0.3 is 0 Å². The molecular weight excluding hydrogens is 186 g/mol. The van der Waals surface area contributed by atoms with Crippen LogP contribution in [0.5, 0.6) is 0 Å². The zero-order valence-corrected chi connectivity index (χ0v) is 10.2. The standard InChI is InChI=1S/C13H25NO/c1-3-14-11-8-13(9-11)15-12-6-4-5-10(2)7-12/h10-14H,3-9H2,1-2H3. The largest absolute Gasteiger partial charge is 0.375 e. The third kappa shape index (κ3) is 3.18. The second-order valence-corrected chi connectivity index (χ2v) is 5.38. The van der Waals surface area contributed by atoms with Gasteiger partial charge in [-0.25, -0.2) is 0 Å². The molecule has 0 amide bonds. The molecule has 0 bridgehead atoms. The van der Waals surface area contributed by atoms with E-state index in [0.29, 0.717) is 12.2 Å². The van der Waals surface area contributed by atoms with E-state index in [-0.39, 0.29) is 0 Å². The van der Waals surface area contributed by atoms with Crippen LogP contribution in [0, 0.1) is 5.92 Å². The first kappa shape index (κ1) is 11.4. The SMILES string of the molecule is CCNC1CC(OC2CCCC(C)C2)C1. The Kier molecular flexibility index (Phi) is 4.04. The average Bonchev–Trinajstić information content (AvgIpc) is 2.15. The van der Waals surface area contributed by atoms with Crippen molar-refractivity contribution in [1.82, 2.24) is 5.32 Å². The van der Waals surface area contributed by atoms with Gasteiger partial charge in [-0.15, -0.1) is 0 Å². The highest BCUT2D eigenvalue weighted by Gasteiger charge is 2.32. The summed E-state index contributed by atoms with van der Waals surface area (Å²) in [6.45, 7) is 5.63. The maximum absolute atomic E-state index is 6.13. The predicted molar refractivity (Wildman–Crippen MR) is 63.0 cm³/mol. The van der Waals surface area contributed by atoms with Crippen molar-refractivity contribution in [3.63, 3.8) is 0 Å². The zero-order chi connectivity index (χ0) is 10.7. The van der Waals surface area contributed by atoms with Gasteiger partial charge in [-0.2, -0.15) is 0 Å². The molecule has 2 nitrogen and oxygen atoms in total. The Labute approximate surface area is 93.8 Å². The van der Waals surface area contributed by atoms with E-state index in [4.69, 9.17) is 4.74 Å². The molecule has 0 saturated heterocycles. The van der Waals surface area contributed by atoms with Crippen LogP contribution in [0.15, 0.2) is 0 Å². The summed E-state index contributed by atoms with van der Waals surface area (Å²) in [6, 6.07) is 0.737. The minimum Gasteiger partial charge on any atom is -0.375 e. The zero-order valence-electron chi connectivity index (χ0n) is 10.2. The van der Waals surface area contributed by atoms with Crippen LogP contribution >= 0.6 is 0 Å². The number of hydrogen-bond donors (Lipinski definition) is 1. The summed E-state index contributed by atoms with van der Waals surface area (Å²) in [7, 11) is 0. The van der Waals surface area contributed by atoms with Crippen molar-refractivity contribution in [3.05, 3.63) is 0 Å². The van der Waals surface area contributed by atoms with E-state index in [0.717, 1.165) is 18.5 Å². The molecule has 0 aromatic rings. The summed E-state index contributed by atoms with van der Waals surface area (Å²) < 4.78 is 6.13. The fourth-order valence-electron chi connectivity index (χ4n) is 2.91. The quantitative estimate of drug-likeness (QED) is 0.772. The lowest BCUT2D eigenvalue weighted by molar-refractivity contribution is -0.0822. The van der Waals surface area contributed by atoms with Crippen LogP contribution in [0.4, 0.5) is 0 Å². The third-order valence-electron chi connectivity index (χ3n) is 3.86. The van der Waals surface area contributed by atoms with E-state index in [1.165, 1.54) is 38.5 Å². The van der Waals surface area contributed by atoms with Crippen molar-refractivity contribution < 1.29 is 4.74 Å². The van der Waals surface area contributed by atoms with Gasteiger partial charge in [0.2, 0.25) is 0 Å². The molecule has 2 rings (SSSR count). The van der Waals surface area contributed by atoms with E-state index >= 15 is 0 Å². The first-order valence-electron chi connectivity index (χ1n) is 6.66. The van der Waals surface area contributed by atoms with Crippen LogP contribution in [-0.2, 0) is 4.74 Å². The minimum absolute atomic E-state index is 0.560. The van der Waals surface area contributed by atoms with Crippen LogP contribution in [0.1, 0.15) is 52.4 Å². The third-order valence-corrected chi connectivity index (χ3v) is 3.86. The Balaban J connectivity index is 1.62. The highest BCUT2D eigenvalue weighted by molar-refractivity contribution is 4.87. The smallest absolute Gasteiger partial charge is 0.0608 e. The lowest BCUT2D eigenvalue weighted by atomic mass is 9.86. The second-order valence-electron chi connectivity index (χ2n) is 5.38. The summed E-state index contributed by atoms with van der Waals surface area (Å²) in [4.78, 5) is 0. The Bertz CT molecular complexity index is 189. The molecule has 2 aliphatic rings. The van der Waals surface area contributed by atoms with E-state index in [1.54, 1.807) is 0 Å². The van der Waals surface area contributed by atoms with Crippen molar-refractivity contribution in [3.8, 4) is 0 Å². The molecule has 15 heavy (non-hydrogen) atoms. The van der Waals surface area contributed by atoms with Crippen LogP contribution in [0.25, 0.3) is 0 Å². The van der Waals surface area contributed by atoms with E-state index in [9.17, 15) is 0 Å². The van der Waals surface area contributed by atoms with E-state index in [1.807, 2.05) is 0 Å². The lowest BCUT2D eigenvalue weighted by Crippen LogP contribution is -2.46. The second kappa shape index (κ2) is 5.31. The minimum atomic E-state index is 0.560. The molecule has 0 aliphatic heterocycles. The maximum atomic E-state index is 6.13. The van der Waals surface area contributed by atoms with E-state index in [2.05, 4.69) is 19.2 Å². The van der Waals surface area contributed by atoms with Gasteiger partial charge in [0.25, 0.3) is 0 Å². The molecule has 2 saturated carbocycles. The summed E-state index contributed by atoms with van der Waals surface area (Å²) in [6.07, 6.45) is 8.97. The molecule has 0 aromatic heterocycles. The molecule has 88 valence electrons. The number of nitrogens with one attached hydrogen (secondary N) is 1. The topological polar surface area (TPSA) is 21.3 Å². The van der Waals surface area contributed by atoms with Gasteiger partial charge in [0, 0.05) is 6.04 Å². The van der Waals surface area contributed by atoms with Crippen LogP contribution in [0.2, 0.25) is 0 Å². The highest BCUT2D eigenvalue weighted by atomic mass is 16.5. The predicted octanol–water partition coefficient (Wildman–Crippen LogP) is 2.72. The van der Waals surface area contributed by atoms with Crippen LogP contribution in [0.3, 0.4) is 0 Å². The van der Waals surface area contributed by atoms with Crippen LogP contribution in [-0.4, -0.2) is 24.8 Å². The Morgan fingerprint density at radius 1 is 1.13 bits per heavy atom. The van der Waals surface area contributed by atoms with Crippen LogP contribution < -0.4 is 5.32 Å². The van der Waals surface area contributed by atoms with Crippen molar-refractivity contribution >= 4 is 0 Å². The molecular formula is C13H25NO. The van der Waals surface area contributed by atoms with Gasteiger partial charge < -0.3 is 10.1 Å². The Morgan fingerprint density at radius 2 is 1.93 bits per heavy atom. The van der Waals surface area contributed by atoms with Gasteiger partial charge in [0.1, 0.15) is 0 Å². The highest BCUT2D eigenvalue weighted by Crippen LogP contribution is 2.31. The van der Waals surface area contributed by atoms with Crippen molar-refractivity contribution in [1.29, 1.82) is 0 Å². The monoisotopic (exact) mass is 211 g/mol. The van der Waals surface area contributed by atoms with Gasteiger partial charge in [-0.05, 0) is 38.1 Å². The molecule has 2 aliphatic carbocycles. The number of ether oxygens (including phenoxy) is 1. The molecule has 2 fully saturated rings. The first-order chi connectivity index (χ1) is 7.28. The Morgan fingerprint density at radius 3 is 2.60 bits per heavy atom. The summed E-state index contributed by atoms with van der Waals surface area (Å²) in [5.74, 6) is 0.883. The van der Waals surface area contributed by atoms with Gasteiger partial charge in [0.05, 0.1) is 12.2 Å². The molecule has 2 heteroatoms. The molecule has 0 heterocycles. The first-order valence-corrected chi connectivity index (χ1v) is 6.66. The normalized spacial score (nSPS) is 41.2. The van der Waals surface area contributed by atoms with Crippen molar-refractivity contribution in [2.75, 3.05) is 6.54 Å². The van der Waals surface area contributed by atoms with Gasteiger partial charge in [-0.3, -0.25) is 0 Å². The molecule has 2 unspecified atom stereocenters. The number of rotatable bonds is 4. The summed E-state index contributed by atoms with van der Waals surface area (Å²) in [5.41, 5.74) is 0. The fraction of sp³-hybridized carbons (Fsp3) is 1.00. The summed E-state index contributed by atoms with van der Waals surface area (Å²) >= 11 is 0. The fourth-order valence-corrected chi connectivity index (χ4v) is 2.91. The average molecular weight is 211 g/mol. The molecule has 0 aromatic carbocycles. The molecule has 0 spiro atoms. The Hall–Kier alpha value is -0.0800.